The van der Waals surface area contributed by atoms with E-state index in [1.54, 1.807) is 24.3 Å². The molecule has 4 heteroatoms. The van der Waals surface area contributed by atoms with E-state index in [1.165, 1.54) is 24.3 Å². The Balaban J connectivity index is 2.30. The molecule has 0 saturated heterocycles. The van der Waals surface area contributed by atoms with Crippen LogP contribution < -0.4 is 0 Å². The Morgan fingerprint density at radius 1 is 0.773 bits per heavy atom. The van der Waals surface area contributed by atoms with Crippen LogP contribution in [-0.2, 0) is 5.60 Å². The standard InChI is InChI=1S/C18H19BrF2O/c19-13-3-1-2-12-18(22,14-4-8-16(20)9-5-14)15-6-10-17(21)11-7-15/h4-11,22H,1-3,12-13H2. The minimum Gasteiger partial charge on any atom is -0.380 e. The molecule has 2 aromatic carbocycles. The van der Waals surface area contributed by atoms with Gasteiger partial charge in [-0.15, -0.1) is 0 Å². The molecule has 118 valence electrons. The van der Waals surface area contributed by atoms with Gasteiger partial charge in [-0.25, -0.2) is 8.78 Å². The highest BCUT2D eigenvalue weighted by Gasteiger charge is 2.31. The molecular formula is C18H19BrF2O. The topological polar surface area (TPSA) is 20.2 Å². The fourth-order valence-electron chi connectivity index (χ4n) is 2.56. The van der Waals surface area contributed by atoms with E-state index >= 15 is 0 Å². The van der Waals surface area contributed by atoms with E-state index in [0.717, 1.165) is 24.6 Å². The zero-order valence-electron chi connectivity index (χ0n) is 12.2. The van der Waals surface area contributed by atoms with E-state index in [0.29, 0.717) is 17.5 Å². The summed E-state index contributed by atoms with van der Waals surface area (Å²) in [7, 11) is 0. The predicted molar refractivity (Wildman–Crippen MR) is 88.1 cm³/mol. The largest absolute Gasteiger partial charge is 0.380 e. The van der Waals surface area contributed by atoms with Crippen LogP contribution in [0.5, 0.6) is 0 Å². The second-order valence-corrected chi connectivity index (χ2v) is 6.17. The highest BCUT2D eigenvalue weighted by molar-refractivity contribution is 9.09. The fraction of sp³-hybridized carbons (Fsp3) is 0.333. The number of halogens is 3. The minimum absolute atomic E-state index is 0.343. The molecule has 0 bridgehead atoms. The lowest BCUT2D eigenvalue weighted by molar-refractivity contribution is 0.0679. The first-order chi connectivity index (χ1) is 10.6. The summed E-state index contributed by atoms with van der Waals surface area (Å²) in [5.74, 6) is -0.686. The SMILES string of the molecule is OC(CCCCCBr)(c1ccc(F)cc1)c1ccc(F)cc1. The Kier molecular flexibility index (Phi) is 6.09. The maximum absolute atomic E-state index is 13.1. The maximum atomic E-state index is 13.1. The van der Waals surface area contributed by atoms with Gasteiger partial charge in [0.1, 0.15) is 17.2 Å². The first-order valence-corrected chi connectivity index (χ1v) is 8.49. The molecule has 1 nitrogen and oxygen atoms in total. The number of aliphatic hydroxyl groups is 1. The first kappa shape index (κ1) is 17.1. The zero-order valence-corrected chi connectivity index (χ0v) is 13.8. The van der Waals surface area contributed by atoms with E-state index in [4.69, 9.17) is 0 Å². The summed E-state index contributed by atoms with van der Waals surface area (Å²) in [6.07, 6.45) is 3.35. The molecule has 0 spiro atoms. The van der Waals surface area contributed by atoms with Crippen LogP contribution in [0.25, 0.3) is 0 Å². The lowest BCUT2D eigenvalue weighted by Gasteiger charge is -2.29. The number of unbranched alkanes of at least 4 members (excludes halogenated alkanes) is 2. The molecule has 0 heterocycles. The van der Waals surface area contributed by atoms with Gasteiger partial charge in [0.2, 0.25) is 0 Å². The average molecular weight is 369 g/mol. The summed E-state index contributed by atoms with van der Waals surface area (Å²) in [5.41, 5.74) is 0.0203. The van der Waals surface area contributed by atoms with Crippen LogP contribution in [0.15, 0.2) is 48.5 Å². The van der Waals surface area contributed by atoms with Gasteiger partial charge in [-0.1, -0.05) is 46.6 Å². The van der Waals surface area contributed by atoms with Gasteiger partial charge in [-0.05, 0) is 54.7 Å². The van der Waals surface area contributed by atoms with Crippen LogP contribution in [0.2, 0.25) is 0 Å². The van der Waals surface area contributed by atoms with Gasteiger partial charge in [-0.2, -0.15) is 0 Å². The van der Waals surface area contributed by atoms with Crippen LogP contribution in [0.1, 0.15) is 36.8 Å². The van der Waals surface area contributed by atoms with Gasteiger partial charge in [0.15, 0.2) is 0 Å². The van der Waals surface area contributed by atoms with Crippen LogP contribution in [0.4, 0.5) is 8.78 Å². The number of hydrogen-bond acceptors (Lipinski definition) is 1. The molecule has 2 rings (SSSR count). The van der Waals surface area contributed by atoms with E-state index < -0.39 is 5.60 Å². The van der Waals surface area contributed by atoms with Crippen LogP contribution in [-0.4, -0.2) is 10.4 Å². The summed E-state index contributed by atoms with van der Waals surface area (Å²) >= 11 is 3.39. The summed E-state index contributed by atoms with van der Waals surface area (Å²) in [5, 5.41) is 12.1. The van der Waals surface area contributed by atoms with Crippen LogP contribution in [0.3, 0.4) is 0 Å². The molecule has 0 atom stereocenters. The van der Waals surface area contributed by atoms with Crippen molar-refractivity contribution in [3.63, 3.8) is 0 Å². The Morgan fingerprint density at radius 2 is 1.23 bits per heavy atom. The summed E-state index contributed by atoms with van der Waals surface area (Å²) in [6, 6.07) is 11.7. The fourth-order valence-corrected chi connectivity index (χ4v) is 2.96. The molecular weight excluding hydrogens is 350 g/mol. The van der Waals surface area contributed by atoms with Crippen molar-refractivity contribution in [3.8, 4) is 0 Å². The zero-order chi connectivity index (χ0) is 16.0. The molecule has 0 aliphatic heterocycles. The minimum atomic E-state index is -1.23. The Hall–Kier alpha value is -1.26. The quantitative estimate of drug-likeness (QED) is 0.528. The average Bonchev–Trinajstić information content (AvgIpc) is 2.52. The maximum Gasteiger partial charge on any atom is 0.123 e. The van der Waals surface area contributed by atoms with Gasteiger partial charge in [-0.3, -0.25) is 0 Å². The van der Waals surface area contributed by atoms with Crippen molar-refractivity contribution < 1.29 is 13.9 Å². The second kappa shape index (κ2) is 7.84. The van der Waals surface area contributed by atoms with Gasteiger partial charge >= 0.3 is 0 Å². The first-order valence-electron chi connectivity index (χ1n) is 7.37. The van der Waals surface area contributed by atoms with E-state index in [2.05, 4.69) is 15.9 Å². The number of alkyl halides is 1. The van der Waals surface area contributed by atoms with Crippen molar-refractivity contribution in [1.29, 1.82) is 0 Å². The third-order valence-corrected chi connectivity index (χ3v) is 4.38. The molecule has 1 N–H and O–H groups in total. The van der Waals surface area contributed by atoms with Gasteiger partial charge in [0.05, 0.1) is 0 Å². The summed E-state index contributed by atoms with van der Waals surface area (Å²) in [6.45, 7) is 0. The molecule has 0 aliphatic rings. The highest BCUT2D eigenvalue weighted by atomic mass is 79.9. The highest BCUT2D eigenvalue weighted by Crippen LogP contribution is 2.35. The molecule has 0 amide bonds. The van der Waals surface area contributed by atoms with E-state index in [-0.39, 0.29) is 11.6 Å². The van der Waals surface area contributed by atoms with Crippen LogP contribution in [0, 0.1) is 11.6 Å². The molecule has 0 fully saturated rings. The Labute approximate surface area is 138 Å². The predicted octanol–water partition coefficient (Wildman–Crippen LogP) is 5.16. The van der Waals surface area contributed by atoms with Crippen molar-refractivity contribution in [2.75, 3.05) is 5.33 Å². The third-order valence-electron chi connectivity index (χ3n) is 3.82. The lowest BCUT2D eigenvalue weighted by Crippen LogP contribution is -2.27. The van der Waals surface area contributed by atoms with E-state index in [9.17, 15) is 13.9 Å². The lowest BCUT2D eigenvalue weighted by atomic mass is 9.82. The van der Waals surface area contributed by atoms with Gasteiger partial charge in [0.25, 0.3) is 0 Å². The monoisotopic (exact) mass is 368 g/mol. The molecule has 0 unspecified atom stereocenters. The normalized spacial score (nSPS) is 11.6. The van der Waals surface area contributed by atoms with E-state index in [1.807, 2.05) is 0 Å². The van der Waals surface area contributed by atoms with Crippen molar-refractivity contribution >= 4 is 15.9 Å². The molecule has 0 saturated carbocycles. The number of benzene rings is 2. The molecule has 0 aromatic heterocycles. The van der Waals surface area contributed by atoms with Crippen LogP contribution >= 0.6 is 15.9 Å². The third kappa shape index (κ3) is 4.14. The molecule has 0 aliphatic carbocycles. The Bertz CT molecular complexity index is 536. The van der Waals surface area contributed by atoms with Gasteiger partial charge in [0, 0.05) is 5.33 Å². The summed E-state index contributed by atoms with van der Waals surface area (Å²) < 4.78 is 26.3. The number of rotatable bonds is 7. The van der Waals surface area contributed by atoms with Crippen molar-refractivity contribution in [2.45, 2.75) is 31.3 Å². The molecule has 0 radical (unpaired) electrons. The van der Waals surface area contributed by atoms with Crippen molar-refractivity contribution in [3.05, 3.63) is 71.3 Å². The summed E-state index contributed by atoms with van der Waals surface area (Å²) in [4.78, 5) is 0. The second-order valence-electron chi connectivity index (χ2n) is 5.37. The number of hydrogen-bond donors (Lipinski definition) is 1. The Morgan fingerprint density at radius 3 is 1.64 bits per heavy atom. The van der Waals surface area contributed by atoms with Crippen molar-refractivity contribution in [1.82, 2.24) is 0 Å². The van der Waals surface area contributed by atoms with Crippen molar-refractivity contribution in [2.24, 2.45) is 0 Å². The molecule has 22 heavy (non-hydrogen) atoms. The smallest absolute Gasteiger partial charge is 0.123 e. The van der Waals surface area contributed by atoms with Gasteiger partial charge < -0.3 is 5.11 Å². The molecule has 2 aromatic rings.